The summed E-state index contributed by atoms with van der Waals surface area (Å²) in [7, 11) is 0. The number of likely N-dealkylation sites (tertiary alicyclic amines) is 1. The van der Waals surface area contributed by atoms with Crippen molar-refractivity contribution in [1.29, 1.82) is 0 Å². The van der Waals surface area contributed by atoms with E-state index in [1.807, 2.05) is 31.2 Å². The highest BCUT2D eigenvalue weighted by Crippen LogP contribution is 2.44. The van der Waals surface area contributed by atoms with Crippen LogP contribution in [-0.2, 0) is 14.3 Å². The second kappa shape index (κ2) is 9.87. The molecule has 0 spiro atoms. The summed E-state index contributed by atoms with van der Waals surface area (Å²) in [5.41, 5.74) is 3.63. The zero-order chi connectivity index (χ0) is 24.3. The number of amides is 2. The molecule has 0 saturated carbocycles. The molecule has 2 unspecified atom stereocenters. The predicted molar refractivity (Wildman–Crippen MR) is 128 cm³/mol. The van der Waals surface area contributed by atoms with Gasteiger partial charge in [0.05, 0.1) is 5.41 Å². The van der Waals surface area contributed by atoms with Crippen LogP contribution in [0.3, 0.4) is 0 Å². The molecule has 2 aromatic carbocycles. The quantitative estimate of drug-likeness (QED) is 0.633. The standard InChI is InChI=1S/C27H32N2O5/c1-3-13-27(25(31)32)14-8-15-29(17-27)24(30)18(2)28-26(33)34-16-23-21-11-6-4-9-19(21)20-10-5-7-12-22(20)23/h4-7,9-12,18,23H,3,8,13-17H2,1-2H3,(H,28,33)(H,31,32). The number of carbonyl (C=O) groups excluding carboxylic acids is 2. The van der Waals surface area contributed by atoms with Crippen LogP contribution in [0.15, 0.2) is 48.5 Å². The van der Waals surface area contributed by atoms with Gasteiger partial charge in [0.1, 0.15) is 12.6 Å². The van der Waals surface area contributed by atoms with Crippen LogP contribution < -0.4 is 5.32 Å². The van der Waals surface area contributed by atoms with Crippen molar-refractivity contribution in [3.05, 3.63) is 59.7 Å². The van der Waals surface area contributed by atoms with E-state index in [2.05, 4.69) is 29.6 Å². The van der Waals surface area contributed by atoms with E-state index in [4.69, 9.17) is 4.74 Å². The molecule has 2 aromatic rings. The largest absolute Gasteiger partial charge is 0.481 e. The third-order valence-electron chi connectivity index (χ3n) is 7.12. The van der Waals surface area contributed by atoms with Crippen molar-refractivity contribution in [3.8, 4) is 11.1 Å². The lowest BCUT2D eigenvalue weighted by Crippen LogP contribution is -2.54. The molecule has 34 heavy (non-hydrogen) atoms. The van der Waals surface area contributed by atoms with Crippen molar-refractivity contribution >= 4 is 18.0 Å². The minimum Gasteiger partial charge on any atom is -0.481 e. The summed E-state index contributed by atoms with van der Waals surface area (Å²) in [6.45, 7) is 4.40. The smallest absolute Gasteiger partial charge is 0.407 e. The van der Waals surface area contributed by atoms with Crippen LogP contribution in [0, 0.1) is 5.41 Å². The first kappa shape index (κ1) is 23.8. The number of hydrogen-bond acceptors (Lipinski definition) is 4. The zero-order valence-corrected chi connectivity index (χ0v) is 19.8. The molecular weight excluding hydrogens is 432 g/mol. The van der Waals surface area contributed by atoms with Gasteiger partial charge in [-0.05, 0) is 48.4 Å². The summed E-state index contributed by atoms with van der Waals surface area (Å²) in [6, 6.07) is 15.4. The Labute approximate surface area is 200 Å². The summed E-state index contributed by atoms with van der Waals surface area (Å²) in [4.78, 5) is 39.1. The average molecular weight is 465 g/mol. The van der Waals surface area contributed by atoms with Crippen molar-refractivity contribution < 1.29 is 24.2 Å². The maximum atomic E-state index is 13.0. The molecule has 1 aliphatic carbocycles. The third-order valence-corrected chi connectivity index (χ3v) is 7.12. The van der Waals surface area contributed by atoms with Crippen LogP contribution >= 0.6 is 0 Å². The van der Waals surface area contributed by atoms with Crippen LogP contribution in [-0.4, -0.2) is 53.7 Å². The second-order valence-electron chi connectivity index (χ2n) is 9.39. The number of benzene rings is 2. The Morgan fingerprint density at radius 2 is 1.74 bits per heavy atom. The van der Waals surface area contributed by atoms with Crippen LogP contribution in [0.1, 0.15) is 56.6 Å². The molecule has 180 valence electrons. The number of carboxylic acid groups (broad SMARTS) is 1. The van der Waals surface area contributed by atoms with Crippen molar-refractivity contribution in [2.75, 3.05) is 19.7 Å². The van der Waals surface area contributed by atoms with E-state index in [0.717, 1.165) is 28.7 Å². The molecule has 7 nitrogen and oxygen atoms in total. The first-order valence-corrected chi connectivity index (χ1v) is 12.0. The summed E-state index contributed by atoms with van der Waals surface area (Å²) in [5.74, 6) is -1.20. The molecule has 2 N–H and O–H groups in total. The number of aliphatic carboxylic acids is 1. The van der Waals surface area contributed by atoms with Gasteiger partial charge in [-0.15, -0.1) is 0 Å². The van der Waals surface area contributed by atoms with Gasteiger partial charge in [0.15, 0.2) is 0 Å². The van der Waals surface area contributed by atoms with E-state index in [1.165, 1.54) is 0 Å². The highest BCUT2D eigenvalue weighted by atomic mass is 16.5. The van der Waals surface area contributed by atoms with Gasteiger partial charge in [-0.25, -0.2) is 4.79 Å². The first-order chi connectivity index (χ1) is 16.4. The molecule has 2 atom stereocenters. The Kier molecular flexibility index (Phi) is 6.91. The maximum Gasteiger partial charge on any atom is 0.407 e. The molecule has 2 aliphatic rings. The molecule has 0 bridgehead atoms. The molecule has 2 amide bonds. The number of hydrogen-bond donors (Lipinski definition) is 2. The number of carboxylic acids is 1. The lowest BCUT2D eigenvalue weighted by molar-refractivity contribution is -0.156. The number of nitrogens with one attached hydrogen (secondary N) is 1. The van der Waals surface area contributed by atoms with E-state index >= 15 is 0 Å². The Balaban J connectivity index is 1.36. The molecule has 7 heteroatoms. The van der Waals surface area contributed by atoms with E-state index in [-0.39, 0.29) is 25.0 Å². The zero-order valence-electron chi connectivity index (χ0n) is 19.8. The fourth-order valence-electron chi connectivity index (χ4n) is 5.44. The maximum absolute atomic E-state index is 13.0. The number of carbonyl (C=O) groups is 3. The second-order valence-corrected chi connectivity index (χ2v) is 9.39. The Hall–Kier alpha value is -3.35. The first-order valence-electron chi connectivity index (χ1n) is 12.0. The fraction of sp³-hybridized carbons (Fsp3) is 0.444. The SMILES string of the molecule is CCCC1(C(=O)O)CCCN(C(=O)C(C)NC(=O)OCC2c3ccccc3-c3ccccc32)C1. The van der Waals surface area contributed by atoms with Gasteiger partial charge in [0.25, 0.3) is 0 Å². The van der Waals surface area contributed by atoms with Crippen molar-refractivity contribution in [3.63, 3.8) is 0 Å². The normalized spacial score (nSPS) is 20.2. The number of rotatable bonds is 7. The lowest BCUT2D eigenvalue weighted by atomic mass is 9.76. The Morgan fingerprint density at radius 1 is 1.12 bits per heavy atom. The number of nitrogens with zero attached hydrogens (tertiary/aromatic N) is 1. The van der Waals surface area contributed by atoms with Crippen LogP contribution in [0.25, 0.3) is 11.1 Å². The summed E-state index contributed by atoms with van der Waals surface area (Å²) in [5, 5.41) is 12.4. The van der Waals surface area contributed by atoms with Crippen molar-refractivity contribution in [2.45, 2.75) is 51.5 Å². The molecule has 1 saturated heterocycles. The van der Waals surface area contributed by atoms with Gasteiger partial charge in [-0.2, -0.15) is 0 Å². The summed E-state index contributed by atoms with van der Waals surface area (Å²) in [6.07, 6.45) is 1.81. The van der Waals surface area contributed by atoms with Gasteiger partial charge in [-0.1, -0.05) is 61.9 Å². The monoisotopic (exact) mass is 464 g/mol. The highest BCUT2D eigenvalue weighted by Gasteiger charge is 2.43. The van der Waals surface area contributed by atoms with Crippen LogP contribution in [0.2, 0.25) is 0 Å². The molecule has 0 aromatic heterocycles. The molecule has 0 radical (unpaired) electrons. The van der Waals surface area contributed by atoms with Crippen molar-refractivity contribution in [2.24, 2.45) is 5.41 Å². The molecule has 1 aliphatic heterocycles. The minimum atomic E-state index is -0.911. The number of piperidine rings is 1. The van der Waals surface area contributed by atoms with E-state index in [0.29, 0.717) is 25.8 Å². The van der Waals surface area contributed by atoms with Gasteiger partial charge in [0.2, 0.25) is 5.91 Å². The molecule has 1 heterocycles. The number of alkyl carbamates (subject to hydrolysis) is 1. The summed E-state index contributed by atoms with van der Waals surface area (Å²) >= 11 is 0. The number of fused-ring (bicyclic) bond motifs is 3. The summed E-state index contributed by atoms with van der Waals surface area (Å²) < 4.78 is 5.55. The van der Waals surface area contributed by atoms with E-state index < -0.39 is 23.5 Å². The van der Waals surface area contributed by atoms with E-state index in [9.17, 15) is 19.5 Å². The fourth-order valence-corrected chi connectivity index (χ4v) is 5.44. The highest BCUT2D eigenvalue weighted by molar-refractivity contribution is 5.86. The van der Waals surface area contributed by atoms with Crippen LogP contribution in [0.4, 0.5) is 4.79 Å². The minimum absolute atomic E-state index is 0.0588. The van der Waals surface area contributed by atoms with Gasteiger partial charge < -0.3 is 20.1 Å². The molecule has 4 rings (SSSR count). The molecular formula is C27H32N2O5. The topological polar surface area (TPSA) is 95.9 Å². The molecule has 1 fully saturated rings. The van der Waals surface area contributed by atoms with Crippen LogP contribution in [0.5, 0.6) is 0 Å². The van der Waals surface area contributed by atoms with Gasteiger partial charge in [0, 0.05) is 19.0 Å². The Bertz CT molecular complexity index is 1030. The third kappa shape index (κ3) is 4.52. The van der Waals surface area contributed by atoms with E-state index in [1.54, 1.807) is 11.8 Å². The van der Waals surface area contributed by atoms with Crippen molar-refractivity contribution in [1.82, 2.24) is 10.2 Å². The van der Waals surface area contributed by atoms with Gasteiger partial charge in [-0.3, -0.25) is 9.59 Å². The number of ether oxygens (including phenoxy) is 1. The predicted octanol–water partition coefficient (Wildman–Crippen LogP) is 4.41. The lowest BCUT2D eigenvalue weighted by Gasteiger charge is -2.40. The van der Waals surface area contributed by atoms with Gasteiger partial charge >= 0.3 is 12.1 Å². The average Bonchev–Trinajstić information content (AvgIpc) is 3.16. The Morgan fingerprint density at radius 3 is 2.32 bits per heavy atom.